The summed E-state index contributed by atoms with van der Waals surface area (Å²) in [5, 5.41) is 11.7. The first-order valence-corrected chi connectivity index (χ1v) is 12.7. The van der Waals surface area contributed by atoms with E-state index in [1.165, 1.54) is 22.3 Å². The Hall–Kier alpha value is -3.24. The van der Waals surface area contributed by atoms with E-state index in [1.54, 1.807) is 19.2 Å². The lowest BCUT2D eigenvalue weighted by molar-refractivity contribution is 0.119. The molecule has 1 fully saturated rings. The van der Waals surface area contributed by atoms with E-state index < -0.39 is 15.6 Å². The summed E-state index contributed by atoms with van der Waals surface area (Å²) in [4.78, 5) is 15.2. The van der Waals surface area contributed by atoms with Crippen LogP contribution in [0.25, 0.3) is 11.3 Å². The van der Waals surface area contributed by atoms with Crippen LogP contribution in [0, 0.1) is 13.8 Å². The van der Waals surface area contributed by atoms with Crippen molar-refractivity contribution in [3.8, 4) is 17.0 Å². The molecule has 34 heavy (non-hydrogen) atoms. The van der Waals surface area contributed by atoms with E-state index in [1.807, 2.05) is 25.1 Å². The number of aryl methyl sites for hydroxylation is 2. The van der Waals surface area contributed by atoms with Gasteiger partial charge in [0, 0.05) is 36.3 Å². The summed E-state index contributed by atoms with van der Waals surface area (Å²) in [5.74, 6) is 1.16. The van der Waals surface area contributed by atoms with Crippen LogP contribution < -0.4 is 4.31 Å². The molecular formula is C24H27N5O4S. The van der Waals surface area contributed by atoms with Crippen LogP contribution in [0.2, 0.25) is 0 Å². The van der Waals surface area contributed by atoms with Gasteiger partial charge in [-0.1, -0.05) is 6.07 Å². The Bertz CT molecular complexity index is 1370. The Morgan fingerprint density at radius 2 is 2.09 bits per heavy atom. The van der Waals surface area contributed by atoms with E-state index in [4.69, 9.17) is 4.42 Å². The lowest BCUT2D eigenvalue weighted by Crippen LogP contribution is -2.56. The lowest BCUT2D eigenvalue weighted by Gasteiger charge is -2.46. The molecule has 1 N–H and O–H groups in total. The third-order valence-corrected chi connectivity index (χ3v) is 8.25. The fourth-order valence-corrected chi connectivity index (χ4v) is 6.67. The molecule has 5 rings (SSSR count). The highest BCUT2D eigenvalue weighted by Gasteiger charge is 2.50. The number of sulfonamides is 1. The molecule has 10 heteroatoms. The summed E-state index contributed by atoms with van der Waals surface area (Å²) in [6.07, 6.45) is 7.58. The maximum atomic E-state index is 13.0. The van der Waals surface area contributed by atoms with Gasteiger partial charge in [-0.15, -0.1) is 0 Å². The largest absolute Gasteiger partial charge is 0.507 e. The van der Waals surface area contributed by atoms with E-state index in [-0.39, 0.29) is 11.8 Å². The van der Waals surface area contributed by atoms with E-state index in [0.29, 0.717) is 54.5 Å². The number of benzene rings is 1. The number of oxazole rings is 1. The molecule has 1 aromatic carbocycles. The molecule has 1 saturated heterocycles. The molecule has 4 heterocycles. The van der Waals surface area contributed by atoms with Gasteiger partial charge in [0.25, 0.3) is 10.0 Å². The number of hydrogen-bond donors (Lipinski definition) is 1. The third-order valence-electron chi connectivity index (χ3n) is 6.71. The van der Waals surface area contributed by atoms with E-state index >= 15 is 0 Å². The average Bonchev–Trinajstić information content (AvgIpc) is 3.31. The van der Waals surface area contributed by atoms with E-state index in [9.17, 15) is 13.5 Å². The molecule has 0 saturated carbocycles. The number of anilines is 1. The van der Waals surface area contributed by atoms with Crippen molar-refractivity contribution in [2.45, 2.75) is 51.7 Å². The van der Waals surface area contributed by atoms with Gasteiger partial charge in [0.15, 0.2) is 12.2 Å². The average molecular weight is 482 g/mol. The second-order valence-corrected chi connectivity index (χ2v) is 10.8. The minimum absolute atomic E-state index is 0.109. The molecule has 178 valence electrons. The number of rotatable bonds is 4. The third kappa shape index (κ3) is 3.86. The molecule has 1 spiro atoms. The standard InChI is InChI=1S/C24H27N5O4S/c1-16-12-25-13-22(27-16)29-24(7-9-34(29,31)32)6-8-28(17(2)11-24)14-19-4-5-21(30)20(10-19)23-18(3)33-15-26-23/h4-5,7,9-10,12-13,15,17,30H,6,8,11,14H2,1-3H3/t17-,24-/m0/s1. The van der Waals surface area contributed by atoms with Crippen molar-refractivity contribution in [2.24, 2.45) is 0 Å². The number of aromatic nitrogens is 3. The maximum Gasteiger partial charge on any atom is 0.259 e. The van der Waals surface area contributed by atoms with Gasteiger partial charge < -0.3 is 9.52 Å². The van der Waals surface area contributed by atoms with E-state index in [0.717, 1.165) is 5.56 Å². The Kier molecular flexibility index (Phi) is 5.44. The van der Waals surface area contributed by atoms with Crippen LogP contribution >= 0.6 is 0 Å². The molecule has 0 unspecified atom stereocenters. The number of likely N-dealkylation sites (tertiary alicyclic amines) is 1. The van der Waals surface area contributed by atoms with Gasteiger partial charge in [0.05, 0.1) is 17.4 Å². The maximum absolute atomic E-state index is 13.0. The molecule has 3 aromatic rings. The predicted octanol–water partition coefficient (Wildman–Crippen LogP) is 3.54. The Labute approximate surface area is 198 Å². The van der Waals surface area contributed by atoms with Gasteiger partial charge in [-0.05, 0) is 57.4 Å². The van der Waals surface area contributed by atoms with Gasteiger partial charge in [-0.3, -0.25) is 9.88 Å². The van der Waals surface area contributed by atoms with Crippen LogP contribution in [0.3, 0.4) is 0 Å². The Balaban J connectivity index is 1.38. The molecule has 2 aliphatic heterocycles. The molecule has 0 aliphatic carbocycles. The minimum Gasteiger partial charge on any atom is -0.507 e. The number of hydrogen-bond acceptors (Lipinski definition) is 8. The fourth-order valence-electron chi connectivity index (χ4n) is 5.04. The highest BCUT2D eigenvalue weighted by molar-refractivity contribution is 7.96. The van der Waals surface area contributed by atoms with Crippen LogP contribution in [0.4, 0.5) is 5.82 Å². The van der Waals surface area contributed by atoms with Crippen LogP contribution in [0.15, 0.2) is 52.9 Å². The summed E-state index contributed by atoms with van der Waals surface area (Å²) < 4.78 is 32.7. The minimum atomic E-state index is -3.62. The highest BCUT2D eigenvalue weighted by atomic mass is 32.2. The summed E-state index contributed by atoms with van der Waals surface area (Å²) in [6, 6.07) is 5.63. The van der Waals surface area contributed by atoms with Crippen molar-refractivity contribution < 1.29 is 17.9 Å². The monoisotopic (exact) mass is 481 g/mol. The van der Waals surface area contributed by atoms with E-state index in [2.05, 4.69) is 26.8 Å². The topological polar surface area (TPSA) is 113 Å². The summed E-state index contributed by atoms with van der Waals surface area (Å²) in [6.45, 7) is 7.10. The molecule has 0 amide bonds. The first kappa shape index (κ1) is 22.5. The van der Waals surface area contributed by atoms with Crippen molar-refractivity contribution in [2.75, 3.05) is 10.8 Å². The molecule has 2 aliphatic rings. The molecule has 9 nitrogen and oxygen atoms in total. The first-order chi connectivity index (χ1) is 16.2. The zero-order valence-electron chi connectivity index (χ0n) is 19.3. The van der Waals surface area contributed by atoms with Crippen LogP contribution in [-0.2, 0) is 16.6 Å². The number of piperidine rings is 1. The zero-order valence-corrected chi connectivity index (χ0v) is 20.2. The van der Waals surface area contributed by atoms with Crippen LogP contribution in [-0.4, -0.2) is 51.5 Å². The SMILES string of the molecule is Cc1cncc(N2[C@]3(C=CS2(=O)=O)CCN(Cc2ccc(O)c(-c4ncoc4C)c2)[C@@H](C)C3)n1. The highest BCUT2D eigenvalue weighted by Crippen LogP contribution is 2.43. The van der Waals surface area contributed by atoms with Crippen molar-refractivity contribution in [1.29, 1.82) is 0 Å². The molecule has 2 atom stereocenters. The quantitative estimate of drug-likeness (QED) is 0.602. The Morgan fingerprint density at radius 1 is 1.26 bits per heavy atom. The molecule has 2 aromatic heterocycles. The smallest absolute Gasteiger partial charge is 0.259 e. The normalized spacial score (nSPS) is 24.2. The van der Waals surface area contributed by atoms with Gasteiger partial charge in [-0.25, -0.2) is 22.7 Å². The van der Waals surface area contributed by atoms with Crippen molar-refractivity contribution in [3.63, 3.8) is 0 Å². The van der Waals surface area contributed by atoms with Crippen LogP contribution in [0.1, 0.15) is 36.8 Å². The molecular weight excluding hydrogens is 454 g/mol. The van der Waals surface area contributed by atoms with Gasteiger partial charge >= 0.3 is 0 Å². The van der Waals surface area contributed by atoms with Gasteiger partial charge in [0.1, 0.15) is 17.2 Å². The van der Waals surface area contributed by atoms with Crippen molar-refractivity contribution in [3.05, 3.63) is 65.5 Å². The number of nitrogens with zero attached hydrogens (tertiary/aromatic N) is 5. The van der Waals surface area contributed by atoms with Crippen molar-refractivity contribution >= 4 is 15.8 Å². The number of aromatic hydroxyl groups is 1. The Morgan fingerprint density at radius 3 is 2.79 bits per heavy atom. The van der Waals surface area contributed by atoms with Crippen LogP contribution in [0.5, 0.6) is 5.75 Å². The molecule has 0 radical (unpaired) electrons. The second kappa shape index (κ2) is 8.21. The zero-order chi connectivity index (χ0) is 24.1. The van der Waals surface area contributed by atoms with Gasteiger partial charge in [-0.2, -0.15) is 0 Å². The summed E-state index contributed by atoms with van der Waals surface area (Å²) >= 11 is 0. The van der Waals surface area contributed by atoms with Crippen molar-refractivity contribution in [1.82, 2.24) is 19.9 Å². The summed E-state index contributed by atoms with van der Waals surface area (Å²) in [5.41, 5.74) is 2.31. The first-order valence-electron chi connectivity index (χ1n) is 11.2. The number of phenolic OH excluding ortho intramolecular Hbond substituents is 1. The lowest BCUT2D eigenvalue weighted by atomic mass is 9.83. The second-order valence-electron chi connectivity index (χ2n) is 9.12. The summed E-state index contributed by atoms with van der Waals surface area (Å²) in [7, 11) is -3.62. The number of phenols is 1. The van der Waals surface area contributed by atoms with Gasteiger partial charge in [0.2, 0.25) is 0 Å². The predicted molar refractivity (Wildman–Crippen MR) is 127 cm³/mol. The fraction of sp³-hybridized carbons (Fsp3) is 0.375. The molecule has 0 bridgehead atoms.